The van der Waals surface area contributed by atoms with Crippen LogP contribution in [0.15, 0.2) is 36.4 Å². The van der Waals surface area contributed by atoms with Crippen LogP contribution in [0.2, 0.25) is 10.0 Å². The quantitative estimate of drug-likeness (QED) is 0.479. The molecule has 2 aromatic carbocycles. The maximum absolute atomic E-state index is 9.39. The van der Waals surface area contributed by atoms with Gasteiger partial charge in [0, 0.05) is 39.1 Å². The molecule has 2 fully saturated rings. The molecule has 4 rings (SSSR count). The average molecular weight is 527 g/mol. The van der Waals surface area contributed by atoms with Gasteiger partial charge < -0.3 is 28.8 Å². The van der Waals surface area contributed by atoms with Crippen LogP contribution in [-0.4, -0.2) is 51.9 Å². The summed E-state index contributed by atoms with van der Waals surface area (Å²) >= 11 is 12.3. The highest BCUT2D eigenvalue weighted by Crippen LogP contribution is 2.33. The first-order valence-electron chi connectivity index (χ1n) is 11.7. The highest BCUT2D eigenvalue weighted by molar-refractivity contribution is 6.31. The summed E-state index contributed by atoms with van der Waals surface area (Å²) in [5.41, 5.74) is 3.59. The number of halogens is 2. The van der Waals surface area contributed by atoms with E-state index >= 15 is 0 Å². The van der Waals surface area contributed by atoms with Crippen LogP contribution >= 0.6 is 23.2 Å². The first-order valence-corrected chi connectivity index (χ1v) is 12.5. The van der Waals surface area contributed by atoms with Crippen molar-refractivity contribution < 1.29 is 28.8 Å². The highest BCUT2D eigenvalue weighted by Gasteiger charge is 2.26. The number of benzene rings is 2. The van der Waals surface area contributed by atoms with Crippen LogP contribution in [0, 0.1) is 0 Å². The third-order valence-corrected chi connectivity index (χ3v) is 6.53. The van der Waals surface area contributed by atoms with E-state index in [2.05, 4.69) is 19.9 Å². The lowest BCUT2D eigenvalue weighted by atomic mass is 9.84. The Kier molecular flexibility index (Phi) is 10.0. The Morgan fingerprint density at radius 2 is 1.14 bits per heavy atom. The van der Waals surface area contributed by atoms with Crippen molar-refractivity contribution >= 4 is 23.2 Å². The second-order valence-electron chi connectivity index (χ2n) is 10.1. The highest BCUT2D eigenvalue weighted by atomic mass is 35.5. The number of aliphatic hydroxyl groups is 1. The summed E-state index contributed by atoms with van der Waals surface area (Å²) in [5, 5.41) is 10.7. The molecular weight excluding hydrogens is 491 g/mol. The maximum atomic E-state index is 9.39. The van der Waals surface area contributed by atoms with Gasteiger partial charge in [-0.25, -0.2) is 0 Å². The van der Waals surface area contributed by atoms with Gasteiger partial charge in [0.2, 0.25) is 0 Å². The Hall–Kier alpha value is -1.22. The van der Waals surface area contributed by atoms with Crippen LogP contribution in [0.1, 0.15) is 62.5 Å². The lowest BCUT2D eigenvalue weighted by molar-refractivity contribution is -0.0444. The molecule has 0 spiro atoms. The largest absolute Gasteiger partial charge is 0.395 e. The van der Waals surface area contributed by atoms with Gasteiger partial charge in [-0.3, -0.25) is 0 Å². The lowest BCUT2D eigenvalue weighted by Crippen LogP contribution is -2.24. The van der Waals surface area contributed by atoms with Crippen molar-refractivity contribution in [1.82, 2.24) is 0 Å². The summed E-state index contributed by atoms with van der Waals surface area (Å²) in [6, 6.07) is 11.6. The van der Waals surface area contributed by atoms with Crippen molar-refractivity contribution in [2.45, 2.75) is 51.1 Å². The standard InChI is InChI=1S/C14H19ClO3.C13H17ClO3/c1-14(2,9-16-3)11-6-10(7-12(15)8-11)13-17-4-5-18-13;1-13(2,8-15)10-5-9(6-11(14)7-10)12-16-3-4-17-12/h6-8,13H,4-5,9H2,1-3H3;5-7,12,15H,3-4,8H2,1-2H3. The first-order chi connectivity index (χ1) is 16.6. The molecule has 8 heteroatoms. The van der Waals surface area contributed by atoms with Gasteiger partial charge >= 0.3 is 0 Å². The molecule has 0 aliphatic carbocycles. The molecule has 0 bridgehead atoms. The van der Waals surface area contributed by atoms with E-state index < -0.39 is 0 Å². The molecule has 0 aromatic heterocycles. The third kappa shape index (κ3) is 7.63. The molecule has 2 aliphatic heterocycles. The number of hydrogen-bond donors (Lipinski definition) is 1. The van der Waals surface area contributed by atoms with E-state index in [1.165, 1.54) is 0 Å². The van der Waals surface area contributed by atoms with Gasteiger partial charge in [-0.2, -0.15) is 0 Å². The first kappa shape index (κ1) is 28.4. The van der Waals surface area contributed by atoms with E-state index in [0.717, 1.165) is 22.3 Å². The number of methoxy groups -OCH3 is 1. The molecule has 194 valence electrons. The summed E-state index contributed by atoms with van der Waals surface area (Å²) in [5.74, 6) is 0. The average Bonchev–Trinajstić information content (AvgIpc) is 3.53. The smallest absolute Gasteiger partial charge is 0.184 e. The molecule has 2 aliphatic rings. The molecule has 0 radical (unpaired) electrons. The van der Waals surface area contributed by atoms with E-state index in [1.54, 1.807) is 7.11 Å². The third-order valence-electron chi connectivity index (χ3n) is 6.09. The predicted octanol–water partition coefficient (Wildman–Crippen LogP) is 5.96. The minimum atomic E-state index is -0.332. The number of rotatable bonds is 7. The van der Waals surface area contributed by atoms with Crippen LogP contribution in [-0.2, 0) is 34.5 Å². The summed E-state index contributed by atoms with van der Waals surface area (Å²) in [6.45, 7) is 11.4. The second-order valence-corrected chi connectivity index (χ2v) is 10.9. The van der Waals surface area contributed by atoms with E-state index in [9.17, 15) is 5.11 Å². The van der Waals surface area contributed by atoms with Gasteiger partial charge in [-0.15, -0.1) is 0 Å². The van der Waals surface area contributed by atoms with Gasteiger partial charge in [-0.05, 0) is 35.4 Å². The molecule has 2 saturated heterocycles. The fourth-order valence-electron chi connectivity index (χ4n) is 3.92. The zero-order valence-electron chi connectivity index (χ0n) is 21.1. The predicted molar refractivity (Wildman–Crippen MR) is 137 cm³/mol. The maximum Gasteiger partial charge on any atom is 0.184 e. The summed E-state index contributed by atoms with van der Waals surface area (Å²) in [7, 11) is 1.70. The van der Waals surface area contributed by atoms with Crippen molar-refractivity contribution in [3.05, 3.63) is 68.7 Å². The topological polar surface area (TPSA) is 66.4 Å². The number of hydrogen-bond acceptors (Lipinski definition) is 6. The normalized spacial score (nSPS) is 17.5. The molecule has 1 N–H and O–H groups in total. The minimum Gasteiger partial charge on any atom is -0.395 e. The number of ether oxygens (including phenoxy) is 5. The van der Waals surface area contributed by atoms with Crippen molar-refractivity contribution in [3.8, 4) is 0 Å². The van der Waals surface area contributed by atoms with Crippen LogP contribution in [0.3, 0.4) is 0 Å². The lowest BCUT2D eigenvalue weighted by Gasteiger charge is -2.25. The van der Waals surface area contributed by atoms with E-state index in [4.69, 9.17) is 46.9 Å². The fourth-order valence-corrected chi connectivity index (χ4v) is 4.40. The Morgan fingerprint density at radius 3 is 1.51 bits per heavy atom. The molecule has 2 aromatic rings. The van der Waals surface area contributed by atoms with Crippen LogP contribution in [0.4, 0.5) is 0 Å². The van der Waals surface area contributed by atoms with Gasteiger partial charge in [-0.1, -0.05) is 63.0 Å². The van der Waals surface area contributed by atoms with Gasteiger partial charge in [0.1, 0.15) is 0 Å². The Balaban J connectivity index is 0.000000196. The van der Waals surface area contributed by atoms with E-state index in [-0.39, 0.29) is 30.0 Å². The Labute approximate surface area is 218 Å². The summed E-state index contributed by atoms with van der Waals surface area (Å²) in [6.07, 6.45) is -0.622. The molecule has 0 unspecified atom stereocenters. The monoisotopic (exact) mass is 526 g/mol. The summed E-state index contributed by atoms with van der Waals surface area (Å²) in [4.78, 5) is 0. The van der Waals surface area contributed by atoms with E-state index in [1.807, 2.05) is 44.2 Å². The molecule has 35 heavy (non-hydrogen) atoms. The van der Waals surface area contributed by atoms with Crippen molar-refractivity contribution in [2.75, 3.05) is 46.8 Å². The zero-order valence-corrected chi connectivity index (χ0v) is 22.6. The summed E-state index contributed by atoms with van der Waals surface area (Å²) < 4.78 is 27.2. The van der Waals surface area contributed by atoms with Gasteiger partial charge in [0.25, 0.3) is 0 Å². The minimum absolute atomic E-state index is 0.0686. The van der Waals surface area contributed by atoms with Gasteiger partial charge in [0.05, 0.1) is 39.6 Å². The SMILES string of the molecule is CC(C)(CO)c1cc(Cl)cc(C2OCCO2)c1.COCC(C)(C)c1cc(Cl)cc(C2OCCO2)c1. The molecule has 6 nitrogen and oxygen atoms in total. The van der Waals surface area contributed by atoms with Crippen LogP contribution < -0.4 is 0 Å². The Bertz CT molecular complexity index is 966. The van der Waals surface area contributed by atoms with Crippen molar-refractivity contribution in [3.63, 3.8) is 0 Å². The van der Waals surface area contributed by atoms with E-state index in [0.29, 0.717) is 43.1 Å². The molecule has 0 atom stereocenters. The van der Waals surface area contributed by atoms with Gasteiger partial charge in [0.15, 0.2) is 12.6 Å². The molecular formula is C27H36Cl2O6. The van der Waals surface area contributed by atoms with Crippen LogP contribution in [0.5, 0.6) is 0 Å². The van der Waals surface area contributed by atoms with Crippen molar-refractivity contribution in [1.29, 1.82) is 0 Å². The Morgan fingerprint density at radius 1 is 0.743 bits per heavy atom. The fraction of sp³-hybridized carbons (Fsp3) is 0.556. The number of aliphatic hydroxyl groups excluding tert-OH is 1. The molecule has 0 saturated carbocycles. The molecule has 0 amide bonds. The van der Waals surface area contributed by atoms with Crippen molar-refractivity contribution in [2.24, 2.45) is 0 Å². The zero-order chi connectivity index (χ0) is 25.6. The molecule has 2 heterocycles. The van der Waals surface area contributed by atoms with Crippen LogP contribution in [0.25, 0.3) is 0 Å². The second kappa shape index (κ2) is 12.3.